The van der Waals surface area contributed by atoms with Crippen molar-refractivity contribution in [3.05, 3.63) is 35.9 Å². The van der Waals surface area contributed by atoms with E-state index in [9.17, 15) is 8.42 Å². The summed E-state index contributed by atoms with van der Waals surface area (Å²) >= 11 is 0. The van der Waals surface area contributed by atoms with Crippen molar-refractivity contribution in [3.8, 4) is 0 Å². The molecule has 4 heteroatoms. The van der Waals surface area contributed by atoms with Gasteiger partial charge in [-0.15, -0.1) is 0 Å². The minimum absolute atomic E-state index is 0.555. The number of hydrogen-bond donors (Lipinski definition) is 1. The molecule has 0 heterocycles. The lowest BCUT2D eigenvalue weighted by Crippen LogP contribution is -2.21. The fraction of sp³-hybridized carbons (Fsp3) is 0.538. The SMILES string of the molecule is CCCCCCC(c1ccccc1)S(N)(=O)=O. The smallest absolute Gasteiger partial charge is 0.216 e. The van der Waals surface area contributed by atoms with Gasteiger partial charge in [0.05, 0.1) is 0 Å². The lowest BCUT2D eigenvalue weighted by Gasteiger charge is -2.14. The van der Waals surface area contributed by atoms with Gasteiger partial charge in [-0.1, -0.05) is 62.9 Å². The van der Waals surface area contributed by atoms with Crippen molar-refractivity contribution in [2.24, 2.45) is 5.14 Å². The molecule has 0 radical (unpaired) electrons. The summed E-state index contributed by atoms with van der Waals surface area (Å²) in [7, 11) is -3.51. The molecule has 1 unspecified atom stereocenters. The van der Waals surface area contributed by atoms with Crippen LogP contribution >= 0.6 is 0 Å². The number of unbranched alkanes of at least 4 members (excludes halogenated alkanes) is 3. The first-order chi connectivity index (χ1) is 8.05. The Kier molecular flexibility index (Phi) is 5.65. The number of primary sulfonamides is 1. The van der Waals surface area contributed by atoms with Crippen molar-refractivity contribution < 1.29 is 8.42 Å². The first-order valence-corrected chi connectivity index (χ1v) is 7.73. The minimum atomic E-state index is -3.51. The van der Waals surface area contributed by atoms with Gasteiger partial charge in [-0.05, 0) is 12.0 Å². The normalized spacial score (nSPS) is 13.5. The van der Waals surface area contributed by atoms with Crippen LogP contribution in [-0.2, 0) is 10.0 Å². The van der Waals surface area contributed by atoms with Crippen molar-refractivity contribution in [1.29, 1.82) is 0 Å². The number of nitrogens with two attached hydrogens (primary N) is 1. The molecule has 0 saturated carbocycles. The quantitative estimate of drug-likeness (QED) is 0.761. The highest BCUT2D eigenvalue weighted by Crippen LogP contribution is 2.26. The highest BCUT2D eigenvalue weighted by atomic mass is 32.2. The Labute approximate surface area is 104 Å². The van der Waals surface area contributed by atoms with Crippen molar-refractivity contribution >= 4 is 10.0 Å². The predicted octanol–water partition coefficient (Wildman–Crippen LogP) is 2.99. The largest absolute Gasteiger partial charge is 0.228 e. The molecule has 0 aliphatic heterocycles. The Morgan fingerprint density at radius 1 is 1.12 bits per heavy atom. The Hall–Kier alpha value is -0.870. The summed E-state index contributed by atoms with van der Waals surface area (Å²) in [6, 6.07) is 9.23. The Balaban J connectivity index is 2.70. The van der Waals surface area contributed by atoms with Gasteiger partial charge in [0.15, 0.2) is 0 Å². The average molecular weight is 255 g/mol. The monoisotopic (exact) mass is 255 g/mol. The first-order valence-electron chi connectivity index (χ1n) is 6.12. The highest BCUT2D eigenvalue weighted by molar-refractivity contribution is 7.89. The van der Waals surface area contributed by atoms with Crippen LogP contribution in [0.4, 0.5) is 0 Å². The Morgan fingerprint density at radius 3 is 2.29 bits per heavy atom. The highest BCUT2D eigenvalue weighted by Gasteiger charge is 2.22. The molecule has 0 bridgehead atoms. The van der Waals surface area contributed by atoms with Gasteiger partial charge < -0.3 is 0 Å². The second-order valence-corrected chi connectivity index (χ2v) is 6.08. The zero-order chi connectivity index (χ0) is 12.7. The maximum Gasteiger partial charge on any atom is 0.216 e. The average Bonchev–Trinajstić information content (AvgIpc) is 2.28. The molecule has 0 aliphatic rings. The minimum Gasteiger partial charge on any atom is -0.228 e. The summed E-state index contributed by atoms with van der Waals surface area (Å²) in [6.45, 7) is 2.13. The molecule has 0 fully saturated rings. The molecule has 1 aromatic rings. The fourth-order valence-corrected chi connectivity index (χ4v) is 2.98. The maximum absolute atomic E-state index is 11.6. The van der Waals surface area contributed by atoms with Crippen molar-refractivity contribution in [1.82, 2.24) is 0 Å². The van der Waals surface area contributed by atoms with E-state index < -0.39 is 15.3 Å². The summed E-state index contributed by atoms with van der Waals surface area (Å²) in [4.78, 5) is 0. The van der Waals surface area contributed by atoms with E-state index >= 15 is 0 Å². The summed E-state index contributed by atoms with van der Waals surface area (Å²) in [6.07, 6.45) is 4.87. The zero-order valence-corrected chi connectivity index (χ0v) is 11.1. The van der Waals surface area contributed by atoms with Crippen LogP contribution in [0, 0.1) is 0 Å². The second kappa shape index (κ2) is 6.77. The molecule has 96 valence electrons. The summed E-state index contributed by atoms with van der Waals surface area (Å²) in [5.41, 5.74) is 0.798. The molecular weight excluding hydrogens is 234 g/mol. The predicted molar refractivity (Wildman–Crippen MR) is 71.0 cm³/mol. The molecule has 0 spiro atoms. The van der Waals surface area contributed by atoms with Gasteiger partial charge in [0.25, 0.3) is 0 Å². The van der Waals surface area contributed by atoms with E-state index in [1.165, 1.54) is 0 Å². The standard InChI is InChI=1S/C13H21NO2S/c1-2-3-4-8-11-13(17(14,15)16)12-9-6-5-7-10-12/h5-7,9-10,13H,2-4,8,11H2,1H3,(H2,14,15,16). The maximum atomic E-state index is 11.6. The number of hydrogen-bond acceptors (Lipinski definition) is 2. The van der Waals surface area contributed by atoms with Crippen LogP contribution in [0.15, 0.2) is 30.3 Å². The molecule has 1 rings (SSSR count). The van der Waals surface area contributed by atoms with Crippen molar-refractivity contribution in [3.63, 3.8) is 0 Å². The number of benzene rings is 1. The van der Waals surface area contributed by atoms with Gasteiger partial charge in [0, 0.05) is 0 Å². The number of sulfonamides is 1. The first kappa shape index (κ1) is 14.2. The van der Waals surface area contributed by atoms with E-state index in [1.54, 1.807) is 0 Å². The van der Waals surface area contributed by atoms with E-state index in [0.29, 0.717) is 6.42 Å². The summed E-state index contributed by atoms with van der Waals surface area (Å²) < 4.78 is 23.1. The Morgan fingerprint density at radius 2 is 1.76 bits per heavy atom. The molecule has 3 nitrogen and oxygen atoms in total. The van der Waals surface area contributed by atoms with Crippen LogP contribution in [-0.4, -0.2) is 8.42 Å². The Bertz CT molecular complexity index is 414. The van der Waals surface area contributed by atoms with Gasteiger partial charge in [0.1, 0.15) is 5.25 Å². The van der Waals surface area contributed by atoms with Gasteiger partial charge >= 0.3 is 0 Å². The molecule has 0 aliphatic carbocycles. The van der Waals surface area contributed by atoms with Crippen molar-refractivity contribution in [2.75, 3.05) is 0 Å². The van der Waals surface area contributed by atoms with Gasteiger partial charge in [-0.2, -0.15) is 0 Å². The molecule has 1 atom stereocenters. The lowest BCUT2D eigenvalue weighted by atomic mass is 10.1. The molecule has 0 saturated heterocycles. The third kappa shape index (κ3) is 4.88. The van der Waals surface area contributed by atoms with Gasteiger partial charge in [0.2, 0.25) is 10.0 Å². The van der Waals surface area contributed by atoms with E-state index in [1.807, 2.05) is 30.3 Å². The third-order valence-corrected chi connectivity index (χ3v) is 4.19. The molecule has 0 amide bonds. The molecule has 0 aromatic heterocycles. The van der Waals surface area contributed by atoms with E-state index in [4.69, 9.17) is 5.14 Å². The van der Waals surface area contributed by atoms with Gasteiger partial charge in [-0.3, -0.25) is 0 Å². The second-order valence-electron chi connectivity index (χ2n) is 4.34. The van der Waals surface area contributed by atoms with Crippen LogP contribution in [0.25, 0.3) is 0 Å². The molecule has 17 heavy (non-hydrogen) atoms. The number of rotatable bonds is 7. The lowest BCUT2D eigenvalue weighted by molar-refractivity contribution is 0.561. The summed E-state index contributed by atoms with van der Waals surface area (Å²) in [5.74, 6) is 0. The topological polar surface area (TPSA) is 60.2 Å². The zero-order valence-electron chi connectivity index (χ0n) is 10.3. The van der Waals surface area contributed by atoms with Crippen LogP contribution in [0.1, 0.15) is 49.8 Å². The molecule has 2 N–H and O–H groups in total. The van der Waals surface area contributed by atoms with E-state index in [0.717, 1.165) is 31.2 Å². The van der Waals surface area contributed by atoms with Gasteiger partial charge in [-0.25, -0.2) is 13.6 Å². The van der Waals surface area contributed by atoms with Crippen LogP contribution < -0.4 is 5.14 Å². The molecular formula is C13H21NO2S. The van der Waals surface area contributed by atoms with E-state index in [-0.39, 0.29) is 0 Å². The fourth-order valence-electron chi connectivity index (χ4n) is 1.94. The van der Waals surface area contributed by atoms with Crippen LogP contribution in [0.2, 0.25) is 0 Å². The summed E-state index contributed by atoms with van der Waals surface area (Å²) in [5, 5.41) is 4.74. The van der Waals surface area contributed by atoms with Crippen LogP contribution in [0.3, 0.4) is 0 Å². The third-order valence-electron chi connectivity index (χ3n) is 2.89. The van der Waals surface area contributed by atoms with Crippen LogP contribution in [0.5, 0.6) is 0 Å². The van der Waals surface area contributed by atoms with Crippen molar-refractivity contribution in [2.45, 2.75) is 44.3 Å². The molecule has 1 aromatic carbocycles. The van der Waals surface area contributed by atoms with E-state index in [2.05, 4.69) is 6.92 Å².